The lowest BCUT2D eigenvalue weighted by molar-refractivity contribution is 1.16. The van der Waals surface area contributed by atoms with Crippen molar-refractivity contribution in [1.29, 1.82) is 0 Å². The van der Waals surface area contributed by atoms with Crippen molar-refractivity contribution in [3.05, 3.63) is 125 Å². The minimum Gasteiger partial charge on any atom is -0.353 e. The average Bonchev–Trinajstić information content (AvgIpc) is 3.46. The number of aromatic nitrogens is 2. The summed E-state index contributed by atoms with van der Waals surface area (Å²) in [4.78, 5) is 6.86. The van der Waals surface area contributed by atoms with E-state index in [9.17, 15) is 0 Å². The average molecular weight is 536 g/mol. The van der Waals surface area contributed by atoms with Crippen molar-refractivity contribution in [3.8, 4) is 5.69 Å². The van der Waals surface area contributed by atoms with Gasteiger partial charge in [-0.2, -0.15) is 0 Å². The van der Waals surface area contributed by atoms with Crippen LogP contribution in [-0.2, 0) is 0 Å². The van der Waals surface area contributed by atoms with Crippen LogP contribution in [0.2, 0.25) is 0 Å². The number of nitrogens with zero attached hydrogens (tertiary/aromatic N) is 2. The first-order valence-electron chi connectivity index (χ1n) is 13.5. The van der Waals surface area contributed by atoms with E-state index in [1.54, 1.807) is 0 Å². The van der Waals surface area contributed by atoms with Crippen molar-refractivity contribution in [3.63, 3.8) is 0 Å². The number of H-pyrrole nitrogens is 1. The van der Waals surface area contributed by atoms with Crippen molar-refractivity contribution >= 4 is 75.1 Å². The number of aromatic amines is 1. The van der Waals surface area contributed by atoms with Gasteiger partial charge in [0.05, 0.1) is 22.2 Å². The predicted octanol–water partition coefficient (Wildman–Crippen LogP) is 8.54. The molecule has 7 rings (SSSR count). The maximum atomic E-state index is 4.73. The second-order valence-corrected chi connectivity index (χ2v) is 10.7. The van der Waals surface area contributed by atoms with Crippen LogP contribution in [0.25, 0.3) is 51.1 Å². The first-order chi connectivity index (χ1) is 19.5. The molecule has 40 heavy (non-hydrogen) atoms. The van der Waals surface area contributed by atoms with Gasteiger partial charge in [-0.1, -0.05) is 67.3 Å². The van der Waals surface area contributed by atoms with Gasteiger partial charge in [-0.3, -0.25) is 0 Å². The van der Waals surface area contributed by atoms with Crippen LogP contribution in [0.3, 0.4) is 0 Å². The highest BCUT2D eigenvalue weighted by atomic mass is 32.1. The topological polar surface area (TPSA) is 24.0 Å². The van der Waals surface area contributed by atoms with Crippen LogP contribution in [0.1, 0.15) is 12.5 Å². The van der Waals surface area contributed by atoms with Crippen molar-refractivity contribution in [2.75, 3.05) is 4.90 Å². The number of thiol groups is 1. The molecule has 7 aromatic rings. The summed E-state index contributed by atoms with van der Waals surface area (Å²) in [5.74, 6) is 0. The molecule has 0 unspecified atom stereocenters. The van der Waals surface area contributed by atoms with Gasteiger partial charge in [0.1, 0.15) is 0 Å². The van der Waals surface area contributed by atoms with E-state index in [1.807, 2.05) is 0 Å². The van der Waals surface area contributed by atoms with E-state index in [4.69, 9.17) is 12.6 Å². The Morgan fingerprint density at radius 1 is 0.800 bits per heavy atom. The summed E-state index contributed by atoms with van der Waals surface area (Å²) in [6, 6.07) is 38.9. The van der Waals surface area contributed by atoms with Crippen LogP contribution >= 0.6 is 12.6 Å². The van der Waals surface area contributed by atoms with Crippen LogP contribution in [0, 0.1) is 6.92 Å². The highest BCUT2D eigenvalue weighted by molar-refractivity contribution is 7.80. The molecule has 4 heteroatoms. The van der Waals surface area contributed by atoms with E-state index in [0.717, 1.165) is 65.7 Å². The smallest absolute Gasteiger partial charge is 0.0794 e. The molecule has 0 atom stereocenters. The molecule has 0 saturated heterocycles. The number of fused-ring (bicyclic) bond motifs is 4. The number of rotatable bonds is 4. The molecule has 0 amide bonds. The summed E-state index contributed by atoms with van der Waals surface area (Å²) in [5, 5.41) is 5.63. The van der Waals surface area contributed by atoms with Crippen LogP contribution < -0.4 is 15.5 Å². The Bertz CT molecular complexity index is 2150. The van der Waals surface area contributed by atoms with Gasteiger partial charge in [-0.15, -0.1) is 12.6 Å². The van der Waals surface area contributed by atoms with Gasteiger partial charge in [0.2, 0.25) is 0 Å². The third kappa shape index (κ3) is 3.75. The third-order valence-electron chi connectivity index (χ3n) is 7.82. The molecule has 0 bridgehead atoms. The van der Waals surface area contributed by atoms with Gasteiger partial charge in [-0.05, 0) is 79.4 Å². The van der Waals surface area contributed by atoms with E-state index in [1.165, 1.54) is 10.8 Å². The minimum atomic E-state index is 0.923. The summed E-state index contributed by atoms with van der Waals surface area (Å²) in [7, 11) is 0. The largest absolute Gasteiger partial charge is 0.353 e. The first kappa shape index (κ1) is 24.4. The summed E-state index contributed by atoms with van der Waals surface area (Å²) >= 11 is 4.73. The number of benzene rings is 5. The Balaban J connectivity index is 1.46. The zero-order valence-corrected chi connectivity index (χ0v) is 23.4. The summed E-state index contributed by atoms with van der Waals surface area (Å²) in [5.41, 5.74) is 9.01. The third-order valence-corrected chi connectivity index (χ3v) is 8.30. The van der Waals surface area contributed by atoms with Gasteiger partial charge in [0, 0.05) is 43.3 Å². The van der Waals surface area contributed by atoms with Crippen molar-refractivity contribution < 1.29 is 0 Å². The van der Waals surface area contributed by atoms with E-state index < -0.39 is 0 Å². The second-order valence-electron chi connectivity index (χ2n) is 10.2. The zero-order chi connectivity index (χ0) is 27.4. The molecule has 2 heterocycles. The van der Waals surface area contributed by atoms with Gasteiger partial charge < -0.3 is 14.5 Å². The monoisotopic (exact) mass is 535 g/mol. The fourth-order valence-electron chi connectivity index (χ4n) is 5.91. The van der Waals surface area contributed by atoms with E-state index in [0.29, 0.717) is 0 Å². The van der Waals surface area contributed by atoms with Crippen molar-refractivity contribution in [2.45, 2.75) is 18.7 Å². The van der Waals surface area contributed by atoms with Crippen molar-refractivity contribution in [2.24, 2.45) is 0 Å². The fraction of sp³-hybridized carbons (Fsp3) is 0.0556. The SMILES string of the molecule is C=c1[nH]c2c3cc(S)c(C)cc3n(-c3ccc(N(c4ccccc4)c4cccc5ccccc45)cc3)c2/c1=C/C. The molecule has 5 aromatic carbocycles. The van der Waals surface area contributed by atoms with Crippen LogP contribution in [0.15, 0.2) is 114 Å². The standard InChI is InChI=1S/C36H29N3S/c1-4-29-24(3)37-35-31-22-34(40)23(2)21-33(31)39(36(29)35)28-19-17-27(18-20-28)38(26-13-6-5-7-14-26)32-16-10-12-25-11-8-9-15-30(25)32/h4-22,37,40H,3H2,1-2H3/b29-4+. The second kappa shape index (κ2) is 9.51. The first-order valence-corrected chi connectivity index (χ1v) is 13.9. The van der Waals surface area contributed by atoms with Crippen LogP contribution in [0.4, 0.5) is 17.1 Å². The number of hydrogen-bond acceptors (Lipinski definition) is 2. The quantitative estimate of drug-likeness (QED) is 0.217. The number of hydrogen-bond donors (Lipinski definition) is 2. The lowest BCUT2D eigenvalue weighted by Crippen LogP contribution is -2.22. The summed E-state index contributed by atoms with van der Waals surface area (Å²) in [6.07, 6.45) is 2.14. The molecule has 1 N–H and O–H groups in total. The van der Waals surface area contributed by atoms with E-state index in [2.05, 4.69) is 150 Å². The maximum Gasteiger partial charge on any atom is 0.0794 e. The molecule has 194 valence electrons. The summed E-state index contributed by atoms with van der Waals surface area (Å²) in [6.45, 7) is 8.46. The van der Waals surface area contributed by atoms with Crippen molar-refractivity contribution in [1.82, 2.24) is 9.55 Å². The van der Waals surface area contributed by atoms with Gasteiger partial charge in [-0.25, -0.2) is 0 Å². The van der Waals surface area contributed by atoms with Gasteiger partial charge in [0.15, 0.2) is 0 Å². The molecular formula is C36H29N3S. The minimum absolute atomic E-state index is 0.923. The van der Waals surface area contributed by atoms with Crippen LogP contribution in [-0.4, -0.2) is 9.55 Å². The molecule has 3 nitrogen and oxygen atoms in total. The molecule has 0 aliphatic rings. The molecule has 2 aromatic heterocycles. The lowest BCUT2D eigenvalue weighted by Gasteiger charge is -2.27. The molecule has 0 aliphatic carbocycles. The lowest BCUT2D eigenvalue weighted by atomic mass is 10.1. The number of para-hydroxylation sites is 1. The molecule has 0 spiro atoms. The zero-order valence-electron chi connectivity index (χ0n) is 22.5. The summed E-state index contributed by atoms with van der Waals surface area (Å²) < 4.78 is 2.35. The Morgan fingerprint density at radius 3 is 2.27 bits per heavy atom. The molecular weight excluding hydrogens is 506 g/mol. The Kier molecular flexibility index (Phi) is 5.79. The number of aryl methyl sites for hydroxylation is 1. The maximum absolute atomic E-state index is 4.73. The molecule has 0 radical (unpaired) electrons. The normalized spacial score (nSPS) is 12.1. The van der Waals surface area contributed by atoms with Gasteiger partial charge in [0.25, 0.3) is 0 Å². The highest BCUT2D eigenvalue weighted by Crippen LogP contribution is 2.39. The number of anilines is 3. The Hall–Kier alpha value is -4.67. The molecule has 0 aliphatic heterocycles. The van der Waals surface area contributed by atoms with E-state index >= 15 is 0 Å². The van der Waals surface area contributed by atoms with Gasteiger partial charge >= 0.3 is 0 Å². The highest BCUT2D eigenvalue weighted by Gasteiger charge is 2.18. The predicted molar refractivity (Wildman–Crippen MR) is 174 cm³/mol. The Labute approximate surface area is 238 Å². The Morgan fingerprint density at radius 2 is 1.50 bits per heavy atom. The number of nitrogens with one attached hydrogen (secondary N) is 1. The van der Waals surface area contributed by atoms with Crippen LogP contribution in [0.5, 0.6) is 0 Å². The van der Waals surface area contributed by atoms with E-state index in [-0.39, 0.29) is 0 Å². The molecule has 0 fully saturated rings. The fourth-order valence-corrected chi connectivity index (χ4v) is 6.10. The molecule has 0 saturated carbocycles.